The fraction of sp³-hybridized carbons (Fsp3) is 0.480. The number of aromatic nitrogens is 4. The highest BCUT2D eigenvalue weighted by Gasteiger charge is 2.35. The highest BCUT2D eigenvalue weighted by molar-refractivity contribution is 5.49. The Morgan fingerprint density at radius 2 is 1.64 bits per heavy atom. The van der Waals surface area contributed by atoms with Gasteiger partial charge in [0.1, 0.15) is 17.5 Å². The Balaban J connectivity index is 1.65. The third-order valence-corrected chi connectivity index (χ3v) is 6.73. The minimum absolute atomic E-state index is 0.0972. The van der Waals surface area contributed by atoms with Crippen LogP contribution in [0.2, 0.25) is 0 Å². The Kier molecular flexibility index (Phi) is 6.83. The Morgan fingerprint density at radius 3 is 2.27 bits per heavy atom. The zero-order chi connectivity index (χ0) is 23.4. The molecule has 3 aromatic rings. The molecule has 1 aromatic heterocycles. The second-order valence-corrected chi connectivity index (χ2v) is 8.98. The summed E-state index contributed by atoms with van der Waals surface area (Å²) in [6.45, 7) is 10.1. The van der Waals surface area contributed by atoms with E-state index in [0.717, 1.165) is 55.5 Å². The summed E-state index contributed by atoms with van der Waals surface area (Å²) >= 11 is 0. The topological polar surface area (TPSA) is 68.5 Å². The average molecular weight is 451 g/mol. The second kappa shape index (κ2) is 9.79. The van der Waals surface area contributed by atoms with Crippen molar-refractivity contribution >= 4 is 5.69 Å². The number of benzene rings is 2. The molecule has 4 rings (SSSR count). The normalized spacial score (nSPS) is 16.0. The van der Waals surface area contributed by atoms with Gasteiger partial charge in [-0.15, -0.1) is 5.10 Å². The van der Waals surface area contributed by atoms with Gasteiger partial charge in [0.2, 0.25) is 0 Å². The molecule has 0 bridgehead atoms. The summed E-state index contributed by atoms with van der Waals surface area (Å²) in [5.74, 6) is 2.58. The van der Waals surface area contributed by atoms with Crippen LogP contribution in [-0.4, -0.2) is 65.5 Å². The molecule has 33 heavy (non-hydrogen) atoms. The number of anilines is 1. The van der Waals surface area contributed by atoms with E-state index in [1.807, 2.05) is 28.9 Å². The zero-order valence-corrected chi connectivity index (χ0v) is 20.2. The molecular weight excluding hydrogens is 416 g/mol. The van der Waals surface area contributed by atoms with E-state index >= 15 is 0 Å². The quantitative estimate of drug-likeness (QED) is 0.518. The van der Waals surface area contributed by atoms with E-state index in [9.17, 15) is 0 Å². The third kappa shape index (κ3) is 4.66. The van der Waals surface area contributed by atoms with Crippen LogP contribution in [0.3, 0.4) is 0 Å². The average Bonchev–Trinajstić information content (AvgIpc) is 3.35. The number of para-hydroxylation sites is 1. The van der Waals surface area contributed by atoms with Crippen LogP contribution < -0.4 is 14.4 Å². The first-order valence-electron chi connectivity index (χ1n) is 11.5. The molecule has 0 aliphatic carbocycles. The lowest BCUT2D eigenvalue weighted by atomic mass is 9.98. The van der Waals surface area contributed by atoms with E-state index < -0.39 is 0 Å². The third-order valence-electron chi connectivity index (χ3n) is 6.73. The lowest BCUT2D eigenvalue weighted by molar-refractivity contribution is 0.184. The molecule has 0 radical (unpaired) electrons. The van der Waals surface area contributed by atoms with Gasteiger partial charge in [-0.1, -0.05) is 25.1 Å². The number of nitrogens with zero attached hydrogens (tertiary/aromatic N) is 6. The van der Waals surface area contributed by atoms with Crippen LogP contribution in [0.15, 0.2) is 48.5 Å². The fourth-order valence-electron chi connectivity index (χ4n) is 4.37. The first-order chi connectivity index (χ1) is 16.0. The lowest BCUT2D eigenvalue weighted by Crippen LogP contribution is -2.49. The van der Waals surface area contributed by atoms with Crippen LogP contribution >= 0.6 is 0 Å². The number of hydrogen-bond acceptors (Lipinski definition) is 7. The maximum atomic E-state index is 5.75. The predicted molar refractivity (Wildman–Crippen MR) is 129 cm³/mol. The SMILES string of the molecule is CCC(C)(C)n1nnnc1[C@@H](c1ccccc1OC)N1CCN(c2ccc(OC)cc2)CC1. The van der Waals surface area contributed by atoms with Crippen molar-refractivity contribution in [3.8, 4) is 11.5 Å². The number of ether oxygens (including phenoxy) is 2. The molecular formula is C25H34N6O2. The van der Waals surface area contributed by atoms with Gasteiger partial charge < -0.3 is 14.4 Å². The van der Waals surface area contributed by atoms with Crippen LogP contribution in [0.5, 0.6) is 11.5 Å². The van der Waals surface area contributed by atoms with Gasteiger partial charge in [-0.2, -0.15) is 0 Å². The Hall–Kier alpha value is -3.13. The van der Waals surface area contributed by atoms with Crippen molar-refractivity contribution in [2.24, 2.45) is 0 Å². The van der Waals surface area contributed by atoms with Gasteiger partial charge in [0.15, 0.2) is 5.82 Å². The first-order valence-corrected chi connectivity index (χ1v) is 11.5. The van der Waals surface area contributed by atoms with E-state index in [4.69, 9.17) is 9.47 Å². The maximum Gasteiger partial charge on any atom is 0.173 e. The second-order valence-electron chi connectivity index (χ2n) is 8.98. The van der Waals surface area contributed by atoms with Crippen LogP contribution in [0.4, 0.5) is 5.69 Å². The highest BCUT2D eigenvalue weighted by Crippen LogP contribution is 2.36. The van der Waals surface area contributed by atoms with Crippen LogP contribution in [0.25, 0.3) is 0 Å². The van der Waals surface area contributed by atoms with E-state index in [0.29, 0.717) is 0 Å². The highest BCUT2D eigenvalue weighted by atomic mass is 16.5. The molecule has 8 nitrogen and oxygen atoms in total. The summed E-state index contributed by atoms with van der Waals surface area (Å²) < 4.78 is 13.0. The Morgan fingerprint density at radius 1 is 0.939 bits per heavy atom. The molecule has 8 heteroatoms. The summed E-state index contributed by atoms with van der Waals surface area (Å²) in [5, 5.41) is 13.0. The molecule has 0 N–H and O–H groups in total. The first kappa shape index (κ1) is 23.0. The fourth-order valence-corrected chi connectivity index (χ4v) is 4.37. The largest absolute Gasteiger partial charge is 0.497 e. The van der Waals surface area contributed by atoms with E-state index in [1.165, 1.54) is 5.69 Å². The molecule has 1 atom stereocenters. The molecule has 0 saturated carbocycles. The summed E-state index contributed by atoms with van der Waals surface area (Å²) in [6.07, 6.45) is 0.926. The molecule has 2 heterocycles. The van der Waals surface area contributed by atoms with Crippen LogP contribution in [0, 0.1) is 0 Å². The van der Waals surface area contributed by atoms with Gasteiger partial charge in [-0.3, -0.25) is 4.90 Å². The van der Waals surface area contributed by atoms with Gasteiger partial charge in [-0.05, 0) is 61.0 Å². The molecule has 1 aliphatic rings. The Bertz CT molecular complexity index is 1040. The molecule has 1 fully saturated rings. The number of rotatable bonds is 8. The number of piperazine rings is 1. The number of hydrogen-bond donors (Lipinski definition) is 0. The number of tetrazole rings is 1. The lowest BCUT2D eigenvalue weighted by Gasteiger charge is -2.40. The van der Waals surface area contributed by atoms with E-state index in [2.05, 4.69) is 70.4 Å². The van der Waals surface area contributed by atoms with Gasteiger partial charge in [0, 0.05) is 37.4 Å². The van der Waals surface area contributed by atoms with Crippen LogP contribution in [0.1, 0.15) is 44.6 Å². The van der Waals surface area contributed by atoms with Gasteiger partial charge in [0.05, 0.1) is 19.8 Å². The molecule has 1 saturated heterocycles. The molecule has 0 amide bonds. The van der Waals surface area contributed by atoms with Crippen LogP contribution in [-0.2, 0) is 5.54 Å². The maximum absolute atomic E-state index is 5.75. The van der Waals surface area contributed by atoms with Gasteiger partial charge in [0.25, 0.3) is 0 Å². The molecule has 0 spiro atoms. The Labute approximate surface area is 196 Å². The smallest absolute Gasteiger partial charge is 0.173 e. The van der Waals surface area contributed by atoms with Crippen molar-refractivity contribution in [2.75, 3.05) is 45.3 Å². The molecule has 1 aliphatic heterocycles. The standard InChI is InChI=1S/C25H34N6O2/c1-6-25(2,3)31-24(26-27-28-31)23(21-9-7-8-10-22(21)33-5)30-17-15-29(16-18-30)19-11-13-20(32-4)14-12-19/h7-14,23H,6,15-18H2,1-5H3/t23-/m1/s1. The molecule has 176 valence electrons. The summed E-state index contributed by atoms with van der Waals surface area (Å²) in [5.41, 5.74) is 2.10. The number of methoxy groups -OCH3 is 2. The van der Waals surface area contributed by atoms with E-state index in [1.54, 1.807) is 14.2 Å². The summed E-state index contributed by atoms with van der Waals surface area (Å²) in [6, 6.07) is 16.4. The van der Waals surface area contributed by atoms with E-state index in [-0.39, 0.29) is 11.6 Å². The van der Waals surface area contributed by atoms with Crippen molar-refractivity contribution in [3.05, 3.63) is 59.9 Å². The minimum atomic E-state index is -0.190. The minimum Gasteiger partial charge on any atom is -0.497 e. The van der Waals surface area contributed by atoms with Gasteiger partial charge in [-0.25, -0.2) is 4.68 Å². The van der Waals surface area contributed by atoms with Gasteiger partial charge >= 0.3 is 0 Å². The zero-order valence-electron chi connectivity index (χ0n) is 20.2. The monoisotopic (exact) mass is 450 g/mol. The van der Waals surface area contributed by atoms with Crippen molar-refractivity contribution in [1.82, 2.24) is 25.1 Å². The van der Waals surface area contributed by atoms with Crippen molar-refractivity contribution in [2.45, 2.75) is 38.8 Å². The predicted octanol–water partition coefficient (Wildman–Crippen LogP) is 3.75. The summed E-state index contributed by atoms with van der Waals surface area (Å²) in [7, 11) is 3.41. The summed E-state index contributed by atoms with van der Waals surface area (Å²) in [4.78, 5) is 4.87. The van der Waals surface area contributed by atoms with Crippen molar-refractivity contribution in [1.29, 1.82) is 0 Å². The molecule has 2 aromatic carbocycles. The van der Waals surface area contributed by atoms with Crippen molar-refractivity contribution in [3.63, 3.8) is 0 Å². The van der Waals surface area contributed by atoms with Crippen molar-refractivity contribution < 1.29 is 9.47 Å². The molecule has 0 unspecified atom stereocenters.